The van der Waals surface area contributed by atoms with Gasteiger partial charge in [-0.2, -0.15) is 0 Å². The number of aryl methyl sites for hydroxylation is 1. The molecule has 0 nitrogen and oxygen atoms in total. The summed E-state index contributed by atoms with van der Waals surface area (Å²) in [7, 11) is 0. The average Bonchev–Trinajstić information content (AvgIpc) is 2.28. The van der Waals surface area contributed by atoms with Crippen LogP contribution in [0.3, 0.4) is 0 Å². The minimum Gasteiger partial charge on any atom is -0.203 e. The Bertz CT molecular complexity index is 518. The van der Waals surface area contributed by atoms with Crippen LogP contribution in [0.2, 0.25) is 0 Å². The van der Waals surface area contributed by atoms with Crippen molar-refractivity contribution in [2.75, 3.05) is 0 Å². The molecule has 0 saturated heterocycles. The lowest BCUT2D eigenvalue weighted by Crippen LogP contribution is -1.92. The summed E-state index contributed by atoms with van der Waals surface area (Å²) in [6.45, 7) is 1.95. The summed E-state index contributed by atoms with van der Waals surface area (Å²) in [5.74, 6) is -1.56. The van der Waals surface area contributed by atoms with E-state index in [4.69, 9.17) is 0 Å². The second-order valence-corrected chi connectivity index (χ2v) is 4.75. The molecule has 3 heteroatoms. The van der Waals surface area contributed by atoms with E-state index in [2.05, 4.69) is 0 Å². The highest BCUT2D eigenvalue weighted by molar-refractivity contribution is 14.1. The summed E-state index contributed by atoms with van der Waals surface area (Å²) >= 11 is 1.78. The summed E-state index contributed by atoms with van der Waals surface area (Å²) in [4.78, 5) is 0. The first-order chi connectivity index (χ1) is 7.59. The fraction of sp³-hybridized carbons (Fsp3) is 0.0769. The van der Waals surface area contributed by atoms with Crippen molar-refractivity contribution in [1.82, 2.24) is 0 Å². The highest BCUT2D eigenvalue weighted by atomic mass is 127. The van der Waals surface area contributed by atoms with Crippen LogP contribution < -0.4 is 0 Å². The summed E-state index contributed by atoms with van der Waals surface area (Å²) in [5.41, 5.74) is 2.09. The van der Waals surface area contributed by atoms with Gasteiger partial charge in [0.05, 0.1) is 3.57 Å². The molecule has 82 valence electrons. The molecule has 0 aliphatic rings. The molecule has 0 unspecified atom stereocenters. The summed E-state index contributed by atoms with van der Waals surface area (Å²) < 4.78 is 27.3. The zero-order chi connectivity index (χ0) is 11.7. The van der Waals surface area contributed by atoms with Gasteiger partial charge in [-0.05, 0) is 41.1 Å². The first-order valence-corrected chi connectivity index (χ1v) is 5.88. The molecule has 2 aromatic carbocycles. The summed E-state index contributed by atoms with van der Waals surface area (Å²) in [6, 6.07) is 10.5. The van der Waals surface area contributed by atoms with Crippen LogP contribution in [0.5, 0.6) is 0 Å². The van der Waals surface area contributed by atoms with Crippen molar-refractivity contribution in [2.45, 2.75) is 6.92 Å². The second-order valence-electron chi connectivity index (χ2n) is 3.59. The van der Waals surface area contributed by atoms with Crippen molar-refractivity contribution >= 4 is 22.6 Å². The van der Waals surface area contributed by atoms with Gasteiger partial charge in [-0.3, -0.25) is 0 Å². The first-order valence-electron chi connectivity index (χ1n) is 4.80. The molecule has 2 rings (SSSR count). The highest BCUT2D eigenvalue weighted by Crippen LogP contribution is 2.27. The first kappa shape index (κ1) is 11.5. The summed E-state index contributed by atoms with van der Waals surface area (Å²) in [6.07, 6.45) is 0. The third kappa shape index (κ3) is 2.09. The van der Waals surface area contributed by atoms with Crippen LogP contribution in [0.15, 0.2) is 36.4 Å². The average molecular weight is 330 g/mol. The normalized spacial score (nSPS) is 10.5. The molecule has 0 amide bonds. The van der Waals surface area contributed by atoms with Gasteiger partial charge >= 0.3 is 0 Å². The Morgan fingerprint density at radius 3 is 2.12 bits per heavy atom. The SMILES string of the molecule is Cc1ccc(-c2ccc(I)c(F)c2F)cc1. The van der Waals surface area contributed by atoms with Crippen LogP contribution in [0.25, 0.3) is 11.1 Å². The predicted octanol–water partition coefficient (Wildman–Crippen LogP) is 4.54. The van der Waals surface area contributed by atoms with Gasteiger partial charge in [-0.15, -0.1) is 0 Å². The predicted molar refractivity (Wildman–Crippen MR) is 69.2 cm³/mol. The topological polar surface area (TPSA) is 0 Å². The molecule has 0 N–H and O–H groups in total. The molecule has 0 atom stereocenters. The van der Waals surface area contributed by atoms with Crippen molar-refractivity contribution in [3.63, 3.8) is 0 Å². The number of benzene rings is 2. The fourth-order valence-corrected chi connectivity index (χ4v) is 1.90. The zero-order valence-corrected chi connectivity index (χ0v) is 10.8. The second kappa shape index (κ2) is 4.49. The maximum absolute atomic E-state index is 13.7. The van der Waals surface area contributed by atoms with Crippen LogP contribution in [0.1, 0.15) is 5.56 Å². The van der Waals surface area contributed by atoms with Crippen molar-refractivity contribution in [1.29, 1.82) is 0 Å². The fourth-order valence-electron chi connectivity index (χ4n) is 1.48. The lowest BCUT2D eigenvalue weighted by molar-refractivity contribution is 0.506. The van der Waals surface area contributed by atoms with E-state index in [0.717, 1.165) is 5.56 Å². The number of hydrogen-bond donors (Lipinski definition) is 0. The van der Waals surface area contributed by atoms with Gasteiger partial charge in [-0.25, -0.2) is 8.78 Å². The van der Waals surface area contributed by atoms with E-state index in [1.165, 1.54) is 0 Å². The summed E-state index contributed by atoms with van der Waals surface area (Å²) in [5, 5.41) is 0. The Balaban J connectivity index is 2.57. The Morgan fingerprint density at radius 2 is 1.50 bits per heavy atom. The van der Waals surface area contributed by atoms with Crippen molar-refractivity contribution < 1.29 is 8.78 Å². The monoisotopic (exact) mass is 330 g/mol. The van der Waals surface area contributed by atoms with Gasteiger partial charge in [0.2, 0.25) is 0 Å². The van der Waals surface area contributed by atoms with E-state index in [1.807, 2.05) is 19.1 Å². The Kier molecular flexibility index (Phi) is 3.23. The van der Waals surface area contributed by atoms with Crippen molar-refractivity contribution in [2.24, 2.45) is 0 Å². The van der Waals surface area contributed by atoms with E-state index in [9.17, 15) is 8.78 Å². The molecule has 0 bridgehead atoms. The number of halogens is 3. The molecular weight excluding hydrogens is 321 g/mol. The number of rotatable bonds is 1. The Morgan fingerprint density at radius 1 is 0.875 bits per heavy atom. The van der Waals surface area contributed by atoms with Gasteiger partial charge in [0.1, 0.15) is 0 Å². The maximum Gasteiger partial charge on any atom is 0.172 e. The van der Waals surface area contributed by atoms with E-state index in [0.29, 0.717) is 14.7 Å². The van der Waals surface area contributed by atoms with Crippen LogP contribution in [-0.4, -0.2) is 0 Å². The van der Waals surface area contributed by atoms with Gasteiger partial charge in [0, 0.05) is 5.56 Å². The van der Waals surface area contributed by atoms with Crippen LogP contribution >= 0.6 is 22.6 Å². The van der Waals surface area contributed by atoms with E-state index in [-0.39, 0.29) is 0 Å². The third-order valence-electron chi connectivity index (χ3n) is 2.40. The molecule has 16 heavy (non-hydrogen) atoms. The molecule has 0 aromatic heterocycles. The molecular formula is C13H9F2I. The smallest absolute Gasteiger partial charge is 0.172 e. The van der Waals surface area contributed by atoms with Crippen LogP contribution in [0.4, 0.5) is 8.78 Å². The quantitative estimate of drug-likeness (QED) is 0.532. The lowest BCUT2D eigenvalue weighted by Gasteiger charge is -2.05. The van der Waals surface area contributed by atoms with Crippen molar-refractivity contribution in [3.05, 3.63) is 57.2 Å². The maximum atomic E-state index is 13.7. The van der Waals surface area contributed by atoms with E-state index < -0.39 is 11.6 Å². The highest BCUT2D eigenvalue weighted by Gasteiger charge is 2.12. The van der Waals surface area contributed by atoms with Crippen molar-refractivity contribution in [3.8, 4) is 11.1 Å². The minimum atomic E-state index is -0.782. The van der Waals surface area contributed by atoms with Gasteiger partial charge in [0.25, 0.3) is 0 Å². The van der Waals surface area contributed by atoms with Gasteiger partial charge < -0.3 is 0 Å². The lowest BCUT2D eigenvalue weighted by atomic mass is 10.0. The molecule has 0 aliphatic heterocycles. The molecule has 0 aliphatic carbocycles. The van der Waals surface area contributed by atoms with Crippen LogP contribution in [-0.2, 0) is 0 Å². The number of hydrogen-bond acceptors (Lipinski definition) is 0. The van der Waals surface area contributed by atoms with Gasteiger partial charge in [0.15, 0.2) is 11.6 Å². The molecule has 0 fully saturated rings. The van der Waals surface area contributed by atoms with E-state index in [1.54, 1.807) is 46.9 Å². The standard InChI is InChI=1S/C13H9F2I/c1-8-2-4-9(5-3-8)10-6-7-11(16)13(15)12(10)14/h2-7H,1H3. The van der Waals surface area contributed by atoms with E-state index >= 15 is 0 Å². The molecule has 0 radical (unpaired) electrons. The molecule has 0 heterocycles. The zero-order valence-electron chi connectivity index (χ0n) is 8.60. The van der Waals surface area contributed by atoms with Gasteiger partial charge in [-0.1, -0.05) is 35.9 Å². The largest absolute Gasteiger partial charge is 0.203 e. The van der Waals surface area contributed by atoms with Crippen LogP contribution in [0, 0.1) is 22.1 Å². The Hall–Kier alpha value is -0.970. The third-order valence-corrected chi connectivity index (χ3v) is 3.23. The minimum absolute atomic E-state index is 0.297. The molecule has 2 aromatic rings. The molecule has 0 spiro atoms. The molecule has 0 saturated carbocycles. The Labute approximate surface area is 106 Å².